The number of nitrogens with zero attached hydrogens (tertiary/aromatic N) is 2. The first kappa shape index (κ1) is 15.2. The fraction of sp³-hybridized carbons (Fsp3) is 0.118. The second-order valence-electron chi connectivity index (χ2n) is 5.03. The highest BCUT2D eigenvalue weighted by molar-refractivity contribution is 6.31. The summed E-state index contributed by atoms with van der Waals surface area (Å²) < 4.78 is 6.18. The van der Waals surface area contributed by atoms with Gasteiger partial charge in [0.25, 0.3) is 5.56 Å². The van der Waals surface area contributed by atoms with Gasteiger partial charge in [0.05, 0.1) is 36.4 Å². The van der Waals surface area contributed by atoms with Gasteiger partial charge in [-0.1, -0.05) is 23.7 Å². The second-order valence-corrected chi connectivity index (χ2v) is 5.47. The Morgan fingerprint density at radius 3 is 2.87 bits per heavy atom. The molecule has 0 aliphatic heterocycles. The normalized spacial score (nSPS) is 10.7. The molecule has 1 heterocycles. The second kappa shape index (κ2) is 6.22. The van der Waals surface area contributed by atoms with Crippen LogP contribution < -0.4 is 5.56 Å². The Bertz CT molecular complexity index is 950. The van der Waals surface area contributed by atoms with E-state index in [1.54, 1.807) is 36.4 Å². The monoisotopic (exact) mass is 328 g/mol. The molecule has 0 radical (unpaired) electrons. The Balaban J connectivity index is 2.00. The lowest BCUT2D eigenvalue weighted by atomic mass is 10.1. The quantitative estimate of drug-likeness (QED) is 0.694. The number of rotatable bonds is 3. The van der Waals surface area contributed by atoms with E-state index in [1.807, 2.05) is 6.07 Å². The zero-order valence-electron chi connectivity index (χ0n) is 12.3. The van der Waals surface area contributed by atoms with Crippen LogP contribution in [0.25, 0.3) is 10.9 Å². The lowest BCUT2D eigenvalue weighted by Gasteiger charge is -2.08. The van der Waals surface area contributed by atoms with E-state index < -0.39 is 5.97 Å². The Morgan fingerprint density at radius 2 is 2.09 bits per heavy atom. The molecule has 0 aliphatic carbocycles. The third kappa shape index (κ3) is 3.10. The fourth-order valence-corrected chi connectivity index (χ4v) is 2.53. The molecule has 0 bridgehead atoms. The van der Waals surface area contributed by atoms with Crippen LogP contribution in [0.15, 0.2) is 53.6 Å². The molecule has 0 atom stereocenters. The number of methoxy groups -OCH3 is 1. The molecule has 116 valence electrons. The van der Waals surface area contributed by atoms with Gasteiger partial charge in [-0.05, 0) is 35.9 Å². The van der Waals surface area contributed by atoms with E-state index in [9.17, 15) is 9.59 Å². The summed E-state index contributed by atoms with van der Waals surface area (Å²) in [5.74, 6) is -0.414. The molecule has 0 aliphatic rings. The number of benzene rings is 2. The predicted octanol–water partition coefficient (Wildman–Crippen LogP) is 2.88. The van der Waals surface area contributed by atoms with Crippen molar-refractivity contribution < 1.29 is 9.53 Å². The molecule has 0 N–H and O–H groups in total. The Kier molecular flexibility index (Phi) is 4.12. The molecule has 0 amide bonds. The molecule has 3 rings (SSSR count). The van der Waals surface area contributed by atoms with Crippen molar-refractivity contribution in [2.24, 2.45) is 0 Å². The molecule has 1 aromatic heterocycles. The van der Waals surface area contributed by atoms with E-state index in [4.69, 9.17) is 16.3 Å². The Hall–Kier alpha value is -2.66. The molecule has 0 unspecified atom stereocenters. The lowest BCUT2D eigenvalue weighted by Crippen LogP contribution is -2.21. The number of hydrogen-bond donors (Lipinski definition) is 0. The van der Waals surface area contributed by atoms with Gasteiger partial charge in [-0.2, -0.15) is 0 Å². The largest absolute Gasteiger partial charge is 0.465 e. The first-order valence-electron chi connectivity index (χ1n) is 6.90. The maximum Gasteiger partial charge on any atom is 0.337 e. The lowest BCUT2D eigenvalue weighted by molar-refractivity contribution is 0.0600. The number of fused-ring (bicyclic) bond motifs is 1. The van der Waals surface area contributed by atoms with Gasteiger partial charge in [-0.15, -0.1) is 0 Å². The third-order valence-electron chi connectivity index (χ3n) is 3.49. The summed E-state index contributed by atoms with van der Waals surface area (Å²) in [7, 11) is 1.33. The minimum atomic E-state index is -0.414. The van der Waals surface area contributed by atoms with Crippen molar-refractivity contribution in [3.8, 4) is 0 Å². The fourth-order valence-electron chi connectivity index (χ4n) is 2.36. The molecule has 0 saturated carbocycles. The van der Waals surface area contributed by atoms with Crippen LogP contribution in [0.2, 0.25) is 5.02 Å². The van der Waals surface area contributed by atoms with Gasteiger partial charge in [0, 0.05) is 5.02 Å². The minimum absolute atomic E-state index is 0.180. The van der Waals surface area contributed by atoms with Gasteiger partial charge in [-0.3, -0.25) is 9.36 Å². The minimum Gasteiger partial charge on any atom is -0.465 e. The van der Waals surface area contributed by atoms with Crippen molar-refractivity contribution in [1.29, 1.82) is 0 Å². The number of esters is 1. The molecule has 0 fully saturated rings. The van der Waals surface area contributed by atoms with Gasteiger partial charge >= 0.3 is 5.97 Å². The van der Waals surface area contributed by atoms with Crippen molar-refractivity contribution in [3.05, 3.63) is 75.3 Å². The first-order valence-corrected chi connectivity index (χ1v) is 7.28. The smallest absolute Gasteiger partial charge is 0.337 e. The summed E-state index contributed by atoms with van der Waals surface area (Å²) in [5, 5.41) is 0.950. The molecular formula is C17H13ClN2O3. The number of carbonyl (C=O) groups is 1. The van der Waals surface area contributed by atoms with Crippen molar-refractivity contribution in [2.45, 2.75) is 6.54 Å². The molecule has 5 nitrogen and oxygen atoms in total. The van der Waals surface area contributed by atoms with E-state index >= 15 is 0 Å². The first-order chi connectivity index (χ1) is 11.1. The van der Waals surface area contributed by atoms with Crippen LogP contribution in [-0.4, -0.2) is 22.6 Å². The summed E-state index contributed by atoms with van der Waals surface area (Å²) >= 11 is 5.95. The maximum atomic E-state index is 12.5. The molecule has 0 spiro atoms. The van der Waals surface area contributed by atoms with Crippen LogP contribution in [0.3, 0.4) is 0 Å². The number of carbonyl (C=O) groups excluding carboxylic acids is 1. The predicted molar refractivity (Wildman–Crippen MR) is 87.9 cm³/mol. The molecule has 3 aromatic rings. The zero-order chi connectivity index (χ0) is 16.4. The highest BCUT2D eigenvalue weighted by atomic mass is 35.5. The third-order valence-corrected chi connectivity index (χ3v) is 3.72. The average molecular weight is 329 g/mol. The summed E-state index contributed by atoms with van der Waals surface area (Å²) in [6.07, 6.45) is 1.49. The maximum absolute atomic E-state index is 12.5. The van der Waals surface area contributed by atoms with E-state index in [1.165, 1.54) is 18.0 Å². The van der Waals surface area contributed by atoms with E-state index in [0.717, 1.165) is 5.56 Å². The van der Waals surface area contributed by atoms with Crippen LogP contribution in [0.1, 0.15) is 15.9 Å². The molecular weight excluding hydrogens is 316 g/mol. The summed E-state index contributed by atoms with van der Waals surface area (Å²) in [5.41, 5.74) is 1.66. The van der Waals surface area contributed by atoms with Crippen LogP contribution in [0, 0.1) is 0 Å². The summed E-state index contributed by atoms with van der Waals surface area (Å²) in [6, 6.07) is 11.9. The van der Waals surface area contributed by atoms with E-state index in [2.05, 4.69) is 4.98 Å². The molecule has 23 heavy (non-hydrogen) atoms. The van der Waals surface area contributed by atoms with Gasteiger partial charge in [0.2, 0.25) is 0 Å². The van der Waals surface area contributed by atoms with Crippen LogP contribution in [0.5, 0.6) is 0 Å². The zero-order valence-corrected chi connectivity index (χ0v) is 13.1. The number of aromatic nitrogens is 2. The van der Waals surface area contributed by atoms with Crippen molar-refractivity contribution >= 4 is 28.5 Å². The van der Waals surface area contributed by atoms with Crippen molar-refractivity contribution in [1.82, 2.24) is 9.55 Å². The van der Waals surface area contributed by atoms with Gasteiger partial charge in [0.1, 0.15) is 0 Å². The Morgan fingerprint density at radius 1 is 1.26 bits per heavy atom. The van der Waals surface area contributed by atoms with Gasteiger partial charge < -0.3 is 4.74 Å². The molecule has 0 saturated heterocycles. The summed E-state index contributed by atoms with van der Waals surface area (Å²) in [4.78, 5) is 28.4. The average Bonchev–Trinajstić information content (AvgIpc) is 2.57. The number of hydrogen-bond acceptors (Lipinski definition) is 4. The standard InChI is InChI=1S/C17H13ClN2O3/c1-23-17(22)12-4-2-3-11(7-12)9-20-10-19-15-6-5-13(18)8-14(15)16(20)21/h2-8,10H,9H2,1H3. The van der Waals surface area contributed by atoms with E-state index in [0.29, 0.717) is 28.0 Å². The van der Waals surface area contributed by atoms with Crippen molar-refractivity contribution in [3.63, 3.8) is 0 Å². The highest BCUT2D eigenvalue weighted by Gasteiger charge is 2.08. The van der Waals surface area contributed by atoms with Gasteiger partial charge in [-0.25, -0.2) is 9.78 Å². The topological polar surface area (TPSA) is 61.2 Å². The molecule has 6 heteroatoms. The van der Waals surface area contributed by atoms with Crippen molar-refractivity contribution in [2.75, 3.05) is 7.11 Å². The van der Waals surface area contributed by atoms with Crippen LogP contribution in [0.4, 0.5) is 0 Å². The number of halogens is 1. The SMILES string of the molecule is COC(=O)c1cccc(Cn2cnc3ccc(Cl)cc3c2=O)c1. The highest BCUT2D eigenvalue weighted by Crippen LogP contribution is 2.14. The summed E-state index contributed by atoms with van der Waals surface area (Å²) in [6.45, 7) is 0.305. The molecule has 2 aromatic carbocycles. The van der Waals surface area contributed by atoms with E-state index in [-0.39, 0.29) is 5.56 Å². The van der Waals surface area contributed by atoms with Crippen LogP contribution in [-0.2, 0) is 11.3 Å². The number of ether oxygens (including phenoxy) is 1. The van der Waals surface area contributed by atoms with Crippen LogP contribution >= 0.6 is 11.6 Å². The Labute approximate surface area is 137 Å². The van der Waals surface area contributed by atoms with Gasteiger partial charge in [0.15, 0.2) is 0 Å².